The standard InChI is InChI=1S/C21H23F3N4O2/c1-13-9-19(21(22,23)24)28-20(25-13)11-16(26-28)17-5-4-8-27(17)12-14-6-7-15(29-2)10-18(14)30-3/h6-7,9-11,17H,4-5,8,12H2,1-3H3/t17-/m1/s1. The van der Waals surface area contributed by atoms with Gasteiger partial charge in [-0.05, 0) is 38.4 Å². The van der Waals surface area contributed by atoms with E-state index >= 15 is 0 Å². The molecule has 9 heteroatoms. The third-order valence-electron chi connectivity index (χ3n) is 5.44. The maximum absolute atomic E-state index is 13.5. The minimum Gasteiger partial charge on any atom is -0.497 e. The number of hydrogen-bond acceptors (Lipinski definition) is 5. The molecular weight excluding hydrogens is 397 g/mol. The zero-order valence-corrected chi connectivity index (χ0v) is 17.0. The fourth-order valence-corrected chi connectivity index (χ4v) is 4.03. The van der Waals surface area contributed by atoms with Crippen LogP contribution in [-0.4, -0.2) is 40.3 Å². The largest absolute Gasteiger partial charge is 0.497 e. The Bertz CT molecular complexity index is 1060. The third kappa shape index (κ3) is 3.81. The first kappa shape index (κ1) is 20.5. The van der Waals surface area contributed by atoms with Crippen LogP contribution in [0.5, 0.6) is 11.5 Å². The topological polar surface area (TPSA) is 51.9 Å². The number of fused-ring (bicyclic) bond motifs is 1. The van der Waals surface area contributed by atoms with Crippen molar-refractivity contribution in [3.8, 4) is 11.5 Å². The summed E-state index contributed by atoms with van der Waals surface area (Å²) in [5.41, 5.74) is 1.30. The Morgan fingerprint density at radius 1 is 1.13 bits per heavy atom. The van der Waals surface area contributed by atoms with Gasteiger partial charge in [-0.25, -0.2) is 9.50 Å². The van der Waals surface area contributed by atoms with Crippen LogP contribution >= 0.6 is 0 Å². The molecule has 3 heterocycles. The Labute approximate surface area is 172 Å². The lowest BCUT2D eigenvalue weighted by Gasteiger charge is -2.24. The molecule has 0 aliphatic carbocycles. The molecule has 1 saturated heterocycles. The number of ether oxygens (including phenoxy) is 2. The highest BCUT2D eigenvalue weighted by molar-refractivity contribution is 5.44. The smallest absolute Gasteiger partial charge is 0.433 e. The van der Waals surface area contributed by atoms with E-state index in [9.17, 15) is 13.2 Å². The van der Waals surface area contributed by atoms with Crippen LogP contribution in [0.1, 0.15) is 41.5 Å². The van der Waals surface area contributed by atoms with Crippen LogP contribution in [0.25, 0.3) is 5.65 Å². The lowest BCUT2D eigenvalue weighted by atomic mass is 10.1. The van der Waals surface area contributed by atoms with Gasteiger partial charge in [0.2, 0.25) is 0 Å². The number of aryl methyl sites for hydroxylation is 1. The van der Waals surface area contributed by atoms with Crippen LogP contribution in [0.4, 0.5) is 13.2 Å². The van der Waals surface area contributed by atoms with Gasteiger partial charge in [0.25, 0.3) is 0 Å². The van der Waals surface area contributed by atoms with Gasteiger partial charge in [0.1, 0.15) is 17.2 Å². The molecule has 0 N–H and O–H groups in total. The fourth-order valence-electron chi connectivity index (χ4n) is 4.03. The normalized spacial score (nSPS) is 17.6. The first-order valence-electron chi connectivity index (χ1n) is 9.69. The molecule has 3 aromatic rings. The molecule has 0 radical (unpaired) electrons. The highest BCUT2D eigenvalue weighted by Gasteiger charge is 2.36. The molecule has 1 aliphatic heterocycles. The van der Waals surface area contributed by atoms with Gasteiger partial charge >= 0.3 is 6.18 Å². The average molecular weight is 420 g/mol. The Kier molecular flexibility index (Phi) is 5.31. The van der Waals surface area contributed by atoms with Gasteiger partial charge in [-0.1, -0.05) is 6.07 Å². The van der Waals surface area contributed by atoms with Crippen molar-refractivity contribution >= 4 is 5.65 Å². The second kappa shape index (κ2) is 7.79. The predicted molar refractivity (Wildman–Crippen MR) is 105 cm³/mol. The minimum atomic E-state index is -4.50. The van der Waals surface area contributed by atoms with E-state index < -0.39 is 11.9 Å². The average Bonchev–Trinajstić information content (AvgIpc) is 3.33. The van der Waals surface area contributed by atoms with Gasteiger partial charge in [-0.3, -0.25) is 4.90 Å². The van der Waals surface area contributed by atoms with Gasteiger partial charge in [-0.15, -0.1) is 0 Å². The van der Waals surface area contributed by atoms with Crippen LogP contribution in [-0.2, 0) is 12.7 Å². The van der Waals surface area contributed by atoms with Crippen LogP contribution in [0.3, 0.4) is 0 Å². The van der Waals surface area contributed by atoms with E-state index in [-0.39, 0.29) is 11.7 Å². The summed E-state index contributed by atoms with van der Waals surface area (Å²) in [5.74, 6) is 1.42. The lowest BCUT2D eigenvalue weighted by Crippen LogP contribution is -2.23. The fraction of sp³-hybridized carbons (Fsp3) is 0.429. The predicted octanol–water partition coefficient (Wildman–Crippen LogP) is 4.41. The molecule has 1 fully saturated rings. The third-order valence-corrected chi connectivity index (χ3v) is 5.44. The van der Waals surface area contributed by atoms with Gasteiger partial charge < -0.3 is 9.47 Å². The molecule has 0 saturated carbocycles. The SMILES string of the molecule is COc1ccc(CN2CCC[C@@H]2c2cc3nc(C)cc(C(F)(F)F)n3n2)c(OC)c1. The quantitative estimate of drug-likeness (QED) is 0.612. The molecular formula is C21H23F3N4O2. The molecule has 1 aliphatic rings. The van der Waals surface area contributed by atoms with E-state index in [2.05, 4.69) is 15.0 Å². The first-order chi connectivity index (χ1) is 14.3. The van der Waals surface area contributed by atoms with Crippen molar-refractivity contribution in [2.24, 2.45) is 0 Å². The second-order valence-corrected chi connectivity index (χ2v) is 7.43. The number of methoxy groups -OCH3 is 2. The highest BCUT2D eigenvalue weighted by Crippen LogP contribution is 2.36. The Hall–Kier alpha value is -2.81. The number of aromatic nitrogens is 3. The monoisotopic (exact) mass is 420 g/mol. The Balaban J connectivity index is 1.67. The maximum atomic E-state index is 13.5. The molecule has 6 nitrogen and oxygen atoms in total. The van der Waals surface area contributed by atoms with E-state index in [1.807, 2.05) is 18.2 Å². The molecule has 0 amide bonds. The van der Waals surface area contributed by atoms with Crippen LogP contribution in [0.2, 0.25) is 0 Å². The van der Waals surface area contributed by atoms with Crippen molar-refractivity contribution in [1.82, 2.24) is 19.5 Å². The van der Waals surface area contributed by atoms with Gasteiger partial charge in [0.05, 0.1) is 26.0 Å². The molecule has 0 unspecified atom stereocenters. The number of alkyl halides is 3. The number of rotatable bonds is 5. The summed E-state index contributed by atoms with van der Waals surface area (Å²) in [6, 6.07) is 8.25. The van der Waals surface area contributed by atoms with Crippen LogP contribution in [0, 0.1) is 6.92 Å². The number of nitrogens with zero attached hydrogens (tertiary/aromatic N) is 4. The van der Waals surface area contributed by atoms with Crippen LogP contribution < -0.4 is 9.47 Å². The summed E-state index contributed by atoms with van der Waals surface area (Å²) in [6.45, 7) is 2.98. The lowest BCUT2D eigenvalue weighted by molar-refractivity contribution is -0.142. The van der Waals surface area contributed by atoms with Crippen molar-refractivity contribution in [2.75, 3.05) is 20.8 Å². The van der Waals surface area contributed by atoms with E-state index in [0.717, 1.165) is 35.5 Å². The van der Waals surface area contributed by atoms with E-state index in [0.29, 0.717) is 29.4 Å². The Morgan fingerprint density at radius 2 is 1.93 bits per heavy atom. The van der Waals surface area contributed by atoms with E-state index in [1.54, 1.807) is 27.2 Å². The van der Waals surface area contributed by atoms with Gasteiger partial charge in [-0.2, -0.15) is 18.3 Å². The minimum absolute atomic E-state index is 0.0834. The summed E-state index contributed by atoms with van der Waals surface area (Å²) in [7, 11) is 3.20. The van der Waals surface area contributed by atoms with Gasteiger partial charge in [0, 0.05) is 29.9 Å². The molecule has 0 bridgehead atoms. The maximum Gasteiger partial charge on any atom is 0.433 e. The van der Waals surface area contributed by atoms with Crippen LogP contribution in [0.15, 0.2) is 30.3 Å². The van der Waals surface area contributed by atoms with Crippen molar-refractivity contribution in [1.29, 1.82) is 0 Å². The summed E-state index contributed by atoms with van der Waals surface area (Å²) in [5, 5.41) is 4.31. The molecule has 4 rings (SSSR count). The number of hydrogen-bond donors (Lipinski definition) is 0. The first-order valence-corrected chi connectivity index (χ1v) is 9.69. The zero-order chi connectivity index (χ0) is 21.5. The Morgan fingerprint density at radius 3 is 2.63 bits per heavy atom. The summed E-state index contributed by atoms with van der Waals surface area (Å²) in [6.07, 6.45) is -2.74. The van der Waals surface area contributed by atoms with Crippen molar-refractivity contribution in [3.63, 3.8) is 0 Å². The van der Waals surface area contributed by atoms with Crippen molar-refractivity contribution in [2.45, 2.75) is 38.5 Å². The molecule has 0 spiro atoms. The van der Waals surface area contributed by atoms with Gasteiger partial charge in [0.15, 0.2) is 5.65 Å². The zero-order valence-electron chi connectivity index (χ0n) is 17.0. The highest BCUT2D eigenvalue weighted by atomic mass is 19.4. The van der Waals surface area contributed by atoms with E-state index in [1.165, 1.54) is 0 Å². The molecule has 1 atom stereocenters. The number of benzene rings is 1. The molecule has 160 valence electrons. The van der Waals surface area contributed by atoms with Crippen molar-refractivity contribution in [3.05, 3.63) is 53.0 Å². The summed E-state index contributed by atoms with van der Waals surface area (Å²) >= 11 is 0. The summed E-state index contributed by atoms with van der Waals surface area (Å²) < 4.78 is 52.1. The number of halogens is 3. The second-order valence-electron chi connectivity index (χ2n) is 7.43. The number of likely N-dealkylation sites (tertiary alicyclic amines) is 1. The van der Waals surface area contributed by atoms with Crippen molar-refractivity contribution < 1.29 is 22.6 Å². The van der Waals surface area contributed by atoms with E-state index in [4.69, 9.17) is 9.47 Å². The molecule has 2 aromatic heterocycles. The molecule has 1 aromatic carbocycles. The molecule has 30 heavy (non-hydrogen) atoms. The summed E-state index contributed by atoms with van der Waals surface area (Å²) in [4.78, 5) is 6.46.